The maximum atomic E-state index is 11.9. The van der Waals surface area contributed by atoms with Crippen molar-refractivity contribution in [3.05, 3.63) is 53.6 Å². The minimum absolute atomic E-state index is 0.0687. The molecule has 0 saturated carbocycles. The van der Waals surface area contributed by atoms with E-state index in [0.29, 0.717) is 17.1 Å². The average molecular weight is 327 g/mol. The van der Waals surface area contributed by atoms with Gasteiger partial charge in [-0.1, -0.05) is 6.07 Å². The Morgan fingerprint density at radius 3 is 2.12 bits per heavy atom. The van der Waals surface area contributed by atoms with E-state index in [0.717, 1.165) is 5.56 Å². The lowest BCUT2D eigenvalue weighted by atomic mass is 10.1. The Balaban J connectivity index is 1.85. The molecule has 0 aliphatic rings. The fourth-order valence-electron chi connectivity index (χ4n) is 1.98. The predicted molar refractivity (Wildman–Crippen MR) is 94.6 cm³/mol. The molecule has 0 fully saturated rings. The zero-order valence-corrected chi connectivity index (χ0v) is 14.0. The Morgan fingerprint density at radius 2 is 1.54 bits per heavy atom. The zero-order valence-electron chi connectivity index (χ0n) is 14.0. The number of carbonyl (C=O) groups excluding carboxylic acids is 2. The molecular weight excluding hydrogens is 306 g/mol. The summed E-state index contributed by atoms with van der Waals surface area (Å²) < 4.78 is 5.49. The quantitative estimate of drug-likeness (QED) is 0.789. The van der Waals surface area contributed by atoms with Gasteiger partial charge in [0.05, 0.1) is 0 Å². The van der Waals surface area contributed by atoms with Crippen LogP contribution in [0.4, 0.5) is 16.2 Å². The molecule has 3 N–H and O–H groups in total. The second-order valence-corrected chi connectivity index (χ2v) is 5.36. The van der Waals surface area contributed by atoms with Crippen molar-refractivity contribution in [1.82, 2.24) is 5.32 Å². The zero-order chi connectivity index (χ0) is 17.5. The van der Waals surface area contributed by atoms with Gasteiger partial charge >= 0.3 is 6.03 Å². The summed E-state index contributed by atoms with van der Waals surface area (Å²) in [5.74, 6) is 0.415. The van der Waals surface area contributed by atoms with E-state index >= 15 is 0 Å². The van der Waals surface area contributed by atoms with E-state index in [9.17, 15) is 9.59 Å². The molecular formula is C18H21N3O3. The summed E-state index contributed by atoms with van der Waals surface area (Å²) >= 11 is 0. The number of carbonyl (C=O) groups is 2. The van der Waals surface area contributed by atoms with Gasteiger partial charge in [-0.3, -0.25) is 4.79 Å². The van der Waals surface area contributed by atoms with Crippen LogP contribution in [0.2, 0.25) is 0 Å². The van der Waals surface area contributed by atoms with Crippen molar-refractivity contribution in [3.8, 4) is 5.75 Å². The molecule has 0 radical (unpaired) electrons. The first kappa shape index (κ1) is 17.3. The number of rotatable bonds is 5. The summed E-state index contributed by atoms with van der Waals surface area (Å²) in [4.78, 5) is 23.1. The van der Waals surface area contributed by atoms with E-state index in [2.05, 4.69) is 16.0 Å². The Morgan fingerprint density at radius 1 is 0.917 bits per heavy atom. The van der Waals surface area contributed by atoms with E-state index in [-0.39, 0.29) is 18.5 Å². The van der Waals surface area contributed by atoms with Gasteiger partial charge in [0.1, 0.15) is 5.75 Å². The maximum absolute atomic E-state index is 11.9. The topological polar surface area (TPSA) is 79.5 Å². The van der Waals surface area contributed by atoms with Crippen LogP contribution < -0.4 is 20.7 Å². The predicted octanol–water partition coefficient (Wildman–Crippen LogP) is 3.07. The van der Waals surface area contributed by atoms with Crippen molar-refractivity contribution >= 4 is 23.3 Å². The first-order chi connectivity index (χ1) is 11.5. The van der Waals surface area contributed by atoms with E-state index in [4.69, 9.17) is 4.74 Å². The Hall–Kier alpha value is -3.02. The van der Waals surface area contributed by atoms with E-state index in [1.807, 2.05) is 32.0 Å². The molecule has 2 rings (SSSR count). The SMILES string of the molecule is CNC(=O)Nc1ccc(NC(=O)COc2ccc(C)c(C)c2)cc1. The van der Waals surface area contributed by atoms with Crippen LogP contribution in [0, 0.1) is 13.8 Å². The van der Waals surface area contributed by atoms with Crippen LogP contribution in [-0.2, 0) is 4.79 Å². The summed E-state index contributed by atoms with van der Waals surface area (Å²) in [6, 6.07) is 12.2. The van der Waals surface area contributed by atoms with Crippen LogP contribution in [-0.4, -0.2) is 25.6 Å². The van der Waals surface area contributed by atoms with Gasteiger partial charge in [-0.25, -0.2) is 4.79 Å². The third-order valence-corrected chi connectivity index (χ3v) is 3.50. The molecule has 6 heteroatoms. The van der Waals surface area contributed by atoms with Gasteiger partial charge in [-0.05, 0) is 61.4 Å². The molecule has 0 spiro atoms. The van der Waals surface area contributed by atoms with Gasteiger partial charge in [0.2, 0.25) is 0 Å². The van der Waals surface area contributed by atoms with Gasteiger partial charge in [0.15, 0.2) is 6.61 Å². The molecule has 2 aromatic rings. The summed E-state index contributed by atoms with van der Waals surface area (Å²) in [5.41, 5.74) is 3.56. The number of aryl methyl sites for hydroxylation is 2. The van der Waals surface area contributed by atoms with E-state index < -0.39 is 0 Å². The first-order valence-electron chi connectivity index (χ1n) is 7.56. The van der Waals surface area contributed by atoms with E-state index in [1.165, 1.54) is 5.56 Å². The molecule has 2 aromatic carbocycles. The van der Waals surface area contributed by atoms with Crippen LogP contribution in [0.25, 0.3) is 0 Å². The molecule has 0 atom stereocenters. The number of hydrogen-bond acceptors (Lipinski definition) is 3. The fraction of sp³-hybridized carbons (Fsp3) is 0.222. The maximum Gasteiger partial charge on any atom is 0.318 e. The lowest BCUT2D eigenvalue weighted by Gasteiger charge is -2.10. The van der Waals surface area contributed by atoms with Crippen molar-refractivity contribution < 1.29 is 14.3 Å². The van der Waals surface area contributed by atoms with Gasteiger partial charge in [0, 0.05) is 18.4 Å². The smallest absolute Gasteiger partial charge is 0.318 e. The number of ether oxygens (including phenoxy) is 1. The van der Waals surface area contributed by atoms with Gasteiger partial charge in [0.25, 0.3) is 5.91 Å². The lowest BCUT2D eigenvalue weighted by molar-refractivity contribution is -0.118. The molecule has 0 aromatic heterocycles. The van der Waals surface area contributed by atoms with Crippen molar-refractivity contribution in [3.63, 3.8) is 0 Å². The molecule has 6 nitrogen and oxygen atoms in total. The minimum atomic E-state index is -0.298. The molecule has 126 valence electrons. The highest BCUT2D eigenvalue weighted by molar-refractivity contribution is 5.93. The number of amides is 3. The fourth-order valence-corrected chi connectivity index (χ4v) is 1.98. The van der Waals surface area contributed by atoms with Crippen LogP contribution in [0.15, 0.2) is 42.5 Å². The number of nitrogens with one attached hydrogen (secondary N) is 3. The first-order valence-corrected chi connectivity index (χ1v) is 7.56. The van der Waals surface area contributed by atoms with Gasteiger partial charge in [-0.15, -0.1) is 0 Å². The van der Waals surface area contributed by atoms with Gasteiger partial charge in [-0.2, -0.15) is 0 Å². The number of benzene rings is 2. The summed E-state index contributed by atoms with van der Waals surface area (Å²) in [7, 11) is 1.54. The molecule has 3 amide bonds. The highest BCUT2D eigenvalue weighted by Gasteiger charge is 2.05. The molecule has 0 saturated heterocycles. The van der Waals surface area contributed by atoms with Crippen LogP contribution in [0.3, 0.4) is 0 Å². The molecule has 0 aliphatic carbocycles. The van der Waals surface area contributed by atoms with E-state index in [1.54, 1.807) is 31.3 Å². The molecule has 0 unspecified atom stereocenters. The van der Waals surface area contributed by atoms with Crippen LogP contribution >= 0.6 is 0 Å². The Labute approximate surface area is 141 Å². The summed E-state index contributed by atoms with van der Waals surface area (Å²) in [6.45, 7) is 3.95. The highest BCUT2D eigenvalue weighted by atomic mass is 16.5. The summed E-state index contributed by atoms with van der Waals surface area (Å²) in [5, 5.41) is 7.85. The third kappa shape index (κ3) is 5.01. The van der Waals surface area contributed by atoms with Crippen molar-refractivity contribution in [1.29, 1.82) is 0 Å². The molecule has 24 heavy (non-hydrogen) atoms. The number of anilines is 2. The Bertz CT molecular complexity index is 727. The average Bonchev–Trinajstić information content (AvgIpc) is 2.57. The third-order valence-electron chi connectivity index (χ3n) is 3.50. The van der Waals surface area contributed by atoms with Crippen LogP contribution in [0.5, 0.6) is 5.75 Å². The van der Waals surface area contributed by atoms with Crippen molar-refractivity contribution in [2.45, 2.75) is 13.8 Å². The summed E-state index contributed by atoms with van der Waals surface area (Å²) in [6.07, 6.45) is 0. The van der Waals surface area contributed by atoms with Crippen molar-refractivity contribution in [2.75, 3.05) is 24.3 Å². The molecule has 0 bridgehead atoms. The molecule has 0 aliphatic heterocycles. The Kier molecular flexibility index (Phi) is 5.78. The monoisotopic (exact) mass is 327 g/mol. The van der Waals surface area contributed by atoms with Gasteiger partial charge < -0.3 is 20.7 Å². The normalized spacial score (nSPS) is 9.96. The second kappa shape index (κ2) is 8.01. The highest BCUT2D eigenvalue weighted by Crippen LogP contribution is 2.17. The van der Waals surface area contributed by atoms with Crippen LogP contribution in [0.1, 0.15) is 11.1 Å². The molecule has 0 heterocycles. The standard InChI is InChI=1S/C18H21N3O3/c1-12-4-9-16(10-13(12)2)24-11-17(22)20-14-5-7-15(8-6-14)21-18(23)19-3/h4-10H,11H2,1-3H3,(H,20,22)(H2,19,21,23). The van der Waals surface area contributed by atoms with Crippen molar-refractivity contribution in [2.24, 2.45) is 0 Å². The second-order valence-electron chi connectivity index (χ2n) is 5.36. The largest absolute Gasteiger partial charge is 0.484 e. The number of hydrogen-bond donors (Lipinski definition) is 3. The number of urea groups is 1. The minimum Gasteiger partial charge on any atom is -0.484 e. The lowest BCUT2D eigenvalue weighted by Crippen LogP contribution is -2.24.